The van der Waals surface area contributed by atoms with Crippen molar-refractivity contribution in [1.82, 2.24) is 0 Å². The fraction of sp³-hybridized carbons (Fsp3) is 0.833. The van der Waals surface area contributed by atoms with Gasteiger partial charge < -0.3 is 16.6 Å². The van der Waals surface area contributed by atoms with Gasteiger partial charge in [-0.3, -0.25) is 4.79 Å². The van der Waals surface area contributed by atoms with E-state index in [0.717, 1.165) is 12.8 Å². The predicted octanol–water partition coefficient (Wildman–Crippen LogP) is -0.478. The van der Waals surface area contributed by atoms with Crippen LogP contribution in [0.5, 0.6) is 0 Å². The molecular weight excluding hydrogens is 253 g/mol. The van der Waals surface area contributed by atoms with Crippen LogP contribution in [0.1, 0.15) is 19.3 Å². The Morgan fingerprint density at radius 2 is 1.92 bits per heavy atom. The molecule has 0 amide bonds. The summed E-state index contributed by atoms with van der Waals surface area (Å²) < 4.78 is 0. The normalized spacial score (nSPS) is 10.8. The van der Waals surface area contributed by atoms with Crippen LogP contribution in [0.25, 0.3) is 0 Å². The Hall–Kier alpha value is 0.533. The maximum absolute atomic E-state index is 10.1. The molecule has 0 saturated heterocycles. The predicted molar refractivity (Wildman–Crippen MR) is 38.5 cm³/mol. The molecule has 0 aromatic heterocycles. The fourth-order valence-electron chi connectivity index (χ4n) is 0.632. The maximum atomic E-state index is 10.1. The number of rotatable bonds is 5. The van der Waals surface area contributed by atoms with Gasteiger partial charge in [-0.2, -0.15) is 0 Å². The number of carboxylic acids is 1. The zero-order valence-electron chi connectivity index (χ0n) is 6.98. The van der Waals surface area contributed by atoms with Crippen LogP contribution in [0.4, 0.5) is 0 Å². The molecule has 0 bridgehead atoms. The Morgan fingerprint density at radius 1 is 1.42 bits per heavy atom. The fourth-order valence-corrected chi connectivity index (χ4v) is 0.632. The molecule has 6 heteroatoms. The smallest absolute Gasteiger partial charge is 0.320 e. The molecule has 70 valence electrons. The van der Waals surface area contributed by atoms with Crippen LogP contribution in [0, 0.1) is 0 Å². The van der Waals surface area contributed by atoms with Crippen molar-refractivity contribution in [2.24, 2.45) is 11.5 Å². The molecule has 0 aromatic rings. The van der Waals surface area contributed by atoms with E-state index in [2.05, 4.69) is 0 Å². The topological polar surface area (TPSA) is 89.3 Å². The average molecular weight is 267 g/mol. The summed E-state index contributed by atoms with van der Waals surface area (Å²) in [6, 6.07) is -0.716. The number of carboxylic acid groups (broad SMARTS) is 1. The largest absolute Gasteiger partial charge is 0.480 e. The van der Waals surface area contributed by atoms with E-state index in [1.807, 2.05) is 0 Å². The summed E-state index contributed by atoms with van der Waals surface area (Å²) in [6.07, 6.45) is 2.16. The second kappa shape index (κ2) is 11.5. The number of hydrogen-bond acceptors (Lipinski definition) is 3. The molecule has 0 aromatic carbocycles. The molecule has 0 aliphatic heterocycles. The monoisotopic (exact) mass is 266 g/mol. The van der Waals surface area contributed by atoms with Gasteiger partial charge in [0.1, 0.15) is 6.04 Å². The Labute approximate surface area is 95.7 Å². The third-order valence-corrected chi connectivity index (χ3v) is 1.29. The third-order valence-electron chi connectivity index (χ3n) is 1.29. The molecule has 0 aliphatic carbocycles. The van der Waals surface area contributed by atoms with Crippen LogP contribution in [0.15, 0.2) is 0 Å². The van der Waals surface area contributed by atoms with E-state index in [9.17, 15) is 4.79 Å². The molecule has 0 radical (unpaired) electrons. The minimum Gasteiger partial charge on any atom is -0.480 e. The van der Waals surface area contributed by atoms with Crippen LogP contribution in [-0.2, 0) is 41.3 Å². The summed E-state index contributed by atoms with van der Waals surface area (Å²) in [6.45, 7) is 0.604. The molecule has 0 spiro atoms. The van der Waals surface area contributed by atoms with Gasteiger partial charge in [-0.1, -0.05) is 6.42 Å². The van der Waals surface area contributed by atoms with Crippen molar-refractivity contribution in [1.29, 1.82) is 0 Å². The molecule has 12 heavy (non-hydrogen) atoms. The summed E-state index contributed by atoms with van der Waals surface area (Å²) in [5.41, 5.74) is 10.4. The standard InChI is InChI=1S/C6H14N2O2.Fe.Zn/c7-4-2-1-3-5(8)6(9)10;;/h5H,1-4,7-8H2,(H,9,10);;/t5-;;/m0../s1. The summed E-state index contributed by atoms with van der Waals surface area (Å²) in [5, 5.41) is 8.33. The molecule has 0 rings (SSSR count). The molecule has 0 unspecified atom stereocenters. The van der Waals surface area contributed by atoms with Crippen LogP contribution in [0.2, 0.25) is 0 Å². The van der Waals surface area contributed by atoms with Crippen molar-refractivity contribution < 1.29 is 46.4 Å². The summed E-state index contributed by atoms with van der Waals surface area (Å²) in [7, 11) is 0. The first-order valence-electron chi connectivity index (χ1n) is 3.37. The Kier molecular flexibility index (Phi) is 17.6. The second-order valence-electron chi connectivity index (χ2n) is 2.23. The first-order chi connectivity index (χ1) is 4.68. The second-order valence-corrected chi connectivity index (χ2v) is 2.23. The number of hydrogen-bond donors (Lipinski definition) is 3. The first kappa shape index (κ1) is 18.3. The van der Waals surface area contributed by atoms with Crippen molar-refractivity contribution in [2.45, 2.75) is 25.3 Å². The van der Waals surface area contributed by atoms with Crippen molar-refractivity contribution in [3.63, 3.8) is 0 Å². The van der Waals surface area contributed by atoms with Gasteiger partial charge in [0.15, 0.2) is 0 Å². The van der Waals surface area contributed by atoms with E-state index in [1.54, 1.807) is 0 Å². The van der Waals surface area contributed by atoms with Gasteiger partial charge in [0.25, 0.3) is 0 Å². The minimum atomic E-state index is -0.933. The summed E-state index contributed by atoms with van der Waals surface area (Å²) in [5.74, 6) is -0.933. The Morgan fingerprint density at radius 3 is 2.25 bits per heavy atom. The molecule has 4 nitrogen and oxygen atoms in total. The van der Waals surface area contributed by atoms with Gasteiger partial charge in [0.2, 0.25) is 0 Å². The van der Waals surface area contributed by atoms with Crippen LogP contribution < -0.4 is 11.5 Å². The van der Waals surface area contributed by atoms with Crippen molar-refractivity contribution in [2.75, 3.05) is 6.54 Å². The number of nitrogens with two attached hydrogens (primary N) is 2. The van der Waals surface area contributed by atoms with E-state index in [-0.39, 0.29) is 36.5 Å². The van der Waals surface area contributed by atoms with Gasteiger partial charge in [-0.15, -0.1) is 0 Å². The van der Waals surface area contributed by atoms with E-state index in [1.165, 1.54) is 0 Å². The third kappa shape index (κ3) is 10.5. The zero-order valence-corrected chi connectivity index (χ0v) is 11.0. The molecule has 0 fully saturated rings. The van der Waals surface area contributed by atoms with E-state index in [4.69, 9.17) is 16.6 Å². The van der Waals surface area contributed by atoms with Gasteiger partial charge in [0.05, 0.1) is 0 Å². The summed E-state index contributed by atoms with van der Waals surface area (Å²) in [4.78, 5) is 10.1. The van der Waals surface area contributed by atoms with Gasteiger partial charge in [-0.25, -0.2) is 0 Å². The number of unbranched alkanes of at least 4 members (excludes halogenated alkanes) is 1. The Balaban J connectivity index is -0.000000405. The first-order valence-corrected chi connectivity index (χ1v) is 3.37. The SMILES string of the molecule is NCCCC[C@H](N)C(=O)O.[Fe].[Zn]. The molecule has 0 aliphatic rings. The zero-order chi connectivity index (χ0) is 7.98. The van der Waals surface area contributed by atoms with Crippen molar-refractivity contribution in [3.8, 4) is 0 Å². The molecule has 5 N–H and O–H groups in total. The molecular formula is C6H14FeN2O2Zn. The van der Waals surface area contributed by atoms with Gasteiger partial charge in [0, 0.05) is 36.5 Å². The van der Waals surface area contributed by atoms with Gasteiger partial charge in [-0.05, 0) is 19.4 Å². The van der Waals surface area contributed by atoms with Crippen LogP contribution in [0.3, 0.4) is 0 Å². The Bertz CT molecular complexity index is 116. The van der Waals surface area contributed by atoms with E-state index >= 15 is 0 Å². The number of aliphatic carboxylic acids is 1. The minimum absolute atomic E-state index is 0. The number of carbonyl (C=O) groups is 1. The van der Waals surface area contributed by atoms with Crippen molar-refractivity contribution >= 4 is 5.97 Å². The van der Waals surface area contributed by atoms with Crippen LogP contribution in [-0.4, -0.2) is 23.7 Å². The van der Waals surface area contributed by atoms with E-state index < -0.39 is 12.0 Å². The van der Waals surface area contributed by atoms with E-state index in [0.29, 0.717) is 13.0 Å². The molecule has 0 heterocycles. The molecule has 0 saturated carbocycles. The maximum Gasteiger partial charge on any atom is 0.320 e. The average Bonchev–Trinajstić information content (AvgIpc) is 1.88. The quantitative estimate of drug-likeness (QED) is 0.464. The van der Waals surface area contributed by atoms with Crippen LogP contribution >= 0.6 is 0 Å². The summed E-state index contributed by atoms with van der Waals surface area (Å²) >= 11 is 0. The van der Waals surface area contributed by atoms with Crippen molar-refractivity contribution in [3.05, 3.63) is 0 Å². The molecule has 1 atom stereocenters. The van der Waals surface area contributed by atoms with Gasteiger partial charge >= 0.3 is 5.97 Å².